The number of amides is 4. The molecule has 224 valence electrons. The number of nitrogens with one attached hydrogen (secondary N) is 2. The first-order valence-corrected chi connectivity index (χ1v) is 15.6. The van der Waals surface area contributed by atoms with Crippen molar-refractivity contribution in [1.29, 1.82) is 0 Å². The van der Waals surface area contributed by atoms with Gasteiger partial charge in [0.2, 0.25) is 11.8 Å². The van der Waals surface area contributed by atoms with Crippen molar-refractivity contribution in [2.45, 2.75) is 84.0 Å². The first kappa shape index (κ1) is 28.6. The second kappa shape index (κ2) is 11.0. The SMILES string of the molecule is CC[C@@H](C)[C@H](NC(=O)[C@@H]1C=C2c3cccc4[nH]cc(c34)C[C@H]2N(C)C1)C(=O)N1C(=O)[C@H]2CCCN2C(=O)[C@@H]1[C@H](C)CC. The summed E-state index contributed by atoms with van der Waals surface area (Å²) in [5.74, 6) is -1.97. The fourth-order valence-corrected chi connectivity index (χ4v) is 7.54. The quantitative estimate of drug-likeness (QED) is 0.529. The summed E-state index contributed by atoms with van der Waals surface area (Å²) in [6.45, 7) is 8.88. The van der Waals surface area contributed by atoms with Gasteiger partial charge in [-0.1, -0.05) is 58.7 Å². The molecule has 3 aliphatic heterocycles. The van der Waals surface area contributed by atoms with Crippen molar-refractivity contribution in [2.24, 2.45) is 17.8 Å². The Balaban J connectivity index is 1.30. The van der Waals surface area contributed by atoms with Crippen LogP contribution in [0.5, 0.6) is 0 Å². The summed E-state index contributed by atoms with van der Waals surface area (Å²) in [6.07, 6.45) is 7.67. The highest BCUT2D eigenvalue weighted by atomic mass is 16.2. The van der Waals surface area contributed by atoms with E-state index >= 15 is 0 Å². The summed E-state index contributed by atoms with van der Waals surface area (Å²) in [6, 6.07) is 4.09. The summed E-state index contributed by atoms with van der Waals surface area (Å²) in [5.41, 5.74) is 4.67. The molecule has 2 aromatic rings. The molecule has 0 bridgehead atoms. The number of hydrogen-bond acceptors (Lipinski definition) is 5. The third-order valence-electron chi connectivity index (χ3n) is 10.4. The summed E-state index contributed by atoms with van der Waals surface area (Å²) in [4.78, 5) is 64.1. The fourth-order valence-electron chi connectivity index (χ4n) is 7.54. The number of aromatic nitrogens is 1. The Morgan fingerprint density at radius 1 is 1.10 bits per heavy atom. The smallest absolute Gasteiger partial charge is 0.252 e. The number of likely N-dealkylation sites (N-methyl/N-ethyl adjacent to an activating group) is 1. The molecule has 4 heterocycles. The number of imide groups is 1. The minimum atomic E-state index is -0.897. The van der Waals surface area contributed by atoms with Gasteiger partial charge in [0.25, 0.3) is 11.8 Å². The minimum absolute atomic E-state index is 0.144. The highest BCUT2D eigenvalue weighted by Gasteiger charge is 2.53. The Labute approximate surface area is 247 Å². The van der Waals surface area contributed by atoms with Gasteiger partial charge in [-0.2, -0.15) is 0 Å². The van der Waals surface area contributed by atoms with E-state index in [1.165, 1.54) is 15.8 Å². The number of carbonyl (C=O) groups is 4. The molecule has 1 aromatic heterocycles. The molecule has 7 atom stereocenters. The number of benzene rings is 1. The van der Waals surface area contributed by atoms with Gasteiger partial charge < -0.3 is 15.2 Å². The maximum absolute atomic E-state index is 14.3. The Bertz CT molecular complexity index is 1460. The van der Waals surface area contributed by atoms with Gasteiger partial charge in [-0.05, 0) is 60.9 Å². The number of carbonyl (C=O) groups excluding carboxylic acids is 4. The largest absolute Gasteiger partial charge is 0.361 e. The zero-order valence-electron chi connectivity index (χ0n) is 25.4. The Morgan fingerprint density at radius 3 is 2.62 bits per heavy atom. The van der Waals surface area contributed by atoms with E-state index in [2.05, 4.69) is 46.7 Å². The molecular weight excluding hydrogens is 530 g/mol. The molecule has 1 aliphatic carbocycles. The van der Waals surface area contributed by atoms with E-state index in [4.69, 9.17) is 0 Å². The Kier molecular flexibility index (Phi) is 7.50. The molecule has 2 N–H and O–H groups in total. The van der Waals surface area contributed by atoms with Crippen molar-refractivity contribution in [3.63, 3.8) is 0 Å². The standard InChI is InChI=1S/C33H43N5O4/c1-6-18(3)28(32(41)38-29(19(4)7-2)33(42)37-13-9-12-25(37)31(38)40)35-30(39)21-14-23-22-10-8-11-24-27(22)20(16-34-24)15-26(23)36(5)17-21/h8,10-11,14,16,18-19,21,25-26,28-29,34H,6-7,9,12-13,15,17H2,1-5H3,(H,35,39)/t18-,19-,21-,25-,26-,28+,29+/m1/s1. The second-order valence-corrected chi connectivity index (χ2v) is 12.9. The molecule has 0 spiro atoms. The van der Waals surface area contributed by atoms with Gasteiger partial charge in [-0.25, -0.2) is 0 Å². The van der Waals surface area contributed by atoms with Crippen molar-refractivity contribution in [2.75, 3.05) is 20.1 Å². The van der Waals surface area contributed by atoms with Crippen LogP contribution in [-0.4, -0.2) is 87.6 Å². The predicted molar refractivity (Wildman–Crippen MR) is 161 cm³/mol. The highest BCUT2D eigenvalue weighted by molar-refractivity contribution is 6.09. The van der Waals surface area contributed by atoms with Crippen LogP contribution in [0.4, 0.5) is 0 Å². The molecule has 9 heteroatoms. The van der Waals surface area contributed by atoms with Crippen molar-refractivity contribution < 1.29 is 19.2 Å². The van der Waals surface area contributed by atoms with Crippen LogP contribution in [0.25, 0.3) is 16.5 Å². The van der Waals surface area contributed by atoms with E-state index in [9.17, 15) is 19.2 Å². The number of nitrogens with zero attached hydrogens (tertiary/aromatic N) is 3. The van der Waals surface area contributed by atoms with Crippen LogP contribution in [0.1, 0.15) is 64.5 Å². The molecule has 2 saturated heterocycles. The summed E-state index contributed by atoms with van der Waals surface area (Å²) in [5, 5.41) is 4.29. The number of aromatic amines is 1. The summed E-state index contributed by atoms with van der Waals surface area (Å²) >= 11 is 0. The van der Waals surface area contributed by atoms with E-state index < -0.39 is 30.0 Å². The van der Waals surface area contributed by atoms with Crippen LogP contribution < -0.4 is 5.32 Å². The highest BCUT2D eigenvalue weighted by Crippen LogP contribution is 2.41. The minimum Gasteiger partial charge on any atom is -0.361 e. The van der Waals surface area contributed by atoms with Gasteiger partial charge in [0.15, 0.2) is 0 Å². The maximum Gasteiger partial charge on any atom is 0.252 e. The average Bonchev–Trinajstić information content (AvgIpc) is 3.66. The molecule has 4 aliphatic rings. The Morgan fingerprint density at radius 2 is 1.88 bits per heavy atom. The molecule has 0 radical (unpaired) electrons. The van der Waals surface area contributed by atoms with E-state index in [-0.39, 0.29) is 35.6 Å². The van der Waals surface area contributed by atoms with E-state index in [1.807, 2.05) is 33.8 Å². The zero-order valence-corrected chi connectivity index (χ0v) is 25.4. The Hall–Kier alpha value is -3.46. The van der Waals surface area contributed by atoms with Crippen LogP contribution in [-0.2, 0) is 25.6 Å². The number of piperazine rings is 1. The average molecular weight is 574 g/mol. The lowest BCUT2D eigenvalue weighted by Gasteiger charge is -2.45. The molecule has 1 aromatic carbocycles. The van der Waals surface area contributed by atoms with Crippen LogP contribution >= 0.6 is 0 Å². The third-order valence-corrected chi connectivity index (χ3v) is 10.4. The third kappa shape index (κ3) is 4.48. The lowest BCUT2D eigenvalue weighted by atomic mass is 9.79. The van der Waals surface area contributed by atoms with Gasteiger partial charge in [-0.15, -0.1) is 0 Å². The van der Waals surface area contributed by atoms with E-state index in [0.717, 1.165) is 29.5 Å². The normalized spacial score (nSPS) is 27.8. The van der Waals surface area contributed by atoms with Crippen LogP contribution in [0.15, 0.2) is 30.5 Å². The van der Waals surface area contributed by atoms with Crippen LogP contribution in [0, 0.1) is 17.8 Å². The molecule has 2 fully saturated rings. The maximum atomic E-state index is 14.3. The van der Waals surface area contributed by atoms with Crippen molar-refractivity contribution in [3.8, 4) is 0 Å². The number of hydrogen-bond donors (Lipinski definition) is 2. The van der Waals surface area contributed by atoms with E-state index in [0.29, 0.717) is 32.4 Å². The zero-order chi connectivity index (χ0) is 29.9. The second-order valence-electron chi connectivity index (χ2n) is 12.9. The van der Waals surface area contributed by atoms with Gasteiger partial charge in [0.05, 0.1) is 5.92 Å². The molecule has 0 unspecified atom stereocenters. The number of H-pyrrole nitrogens is 1. The molecule has 9 nitrogen and oxygen atoms in total. The predicted octanol–water partition coefficient (Wildman–Crippen LogP) is 3.34. The van der Waals surface area contributed by atoms with Gasteiger partial charge >= 0.3 is 0 Å². The van der Waals surface area contributed by atoms with E-state index in [1.54, 1.807) is 4.90 Å². The first-order valence-electron chi connectivity index (χ1n) is 15.6. The van der Waals surface area contributed by atoms with Gasteiger partial charge in [0.1, 0.15) is 18.1 Å². The van der Waals surface area contributed by atoms with Gasteiger partial charge in [-0.3, -0.25) is 29.0 Å². The lowest BCUT2D eigenvalue weighted by molar-refractivity contribution is -0.169. The van der Waals surface area contributed by atoms with Crippen molar-refractivity contribution in [3.05, 3.63) is 41.6 Å². The number of rotatable bonds is 7. The number of fused-ring (bicyclic) bond motifs is 3. The first-order chi connectivity index (χ1) is 20.2. The summed E-state index contributed by atoms with van der Waals surface area (Å²) < 4.78 is 0. The molecule has 42 heavy (non-hydrogen) atoms. The van der Waals surface area contributed by atoms with Crippen LogP contribution in [0.3, 0.4) is 0 Å². The lowest BCUT2D eigenvalue weighted by Crippen LogP contribution is -2.69. The monoisotopic (exact) mass is 573 g/mol. The fraction of sp³-hybridized carbons (Fsp3) is 0.576. The van der Waals surface area contributed by atoms with Crippen LogP contribution in [0.2, 0.25) is 0 Å². The molecular formula is C33H43N5O4. The van der Waals surface area contributed by atoms with Crippen molar-refractivity contribution >= 4 is 40.1 Å². The topological polar surface area (TPSA) is 106 Å². The van der Waals surface area contributed by atoms with Crippen molar-refractivity contribution in [1.82, 2.24) is 25.0 Å². The molecule has 0 saturated carbocycles. The van der Waals surface area contributed by atoms with Gasteiger partial charge in [0, 0.05) is 36.2 Å². The molecule has 4 amide bonds. The summed E-state index contributed by atoms with van der Waals surface area (Å²) in [7, 11) is 2.05. The molecule has 6 rings (SSSR count).